The largest absolute Gasteiger partial charge is 0.507 e. The Balaban J connectivity index is 1.67. The Labute approximate surface area is 238 Å². The number of benzene rings is 2. The highest BCUT2D eigenvalue weighted by Gasteiger charge is 2.66. The molecule has 1 unspecified atom stereocenters. The van der Waals surface area contributed by atoms with E-state index in [1.54, 1.807) is 30.3 Å². The minimum absolute atomic E-state index is 0.0107. The molecule has 3 aliphatic rings. The van der Waals surface area contributed by atoms with Crippen LogP contribution in [0, 0.1) is 0 Å². The number of para-hydroxylation sites is 1. The van der Waals surface area contributed by atoms with Crippen molar-refractivity contribution in [2.75, 3.05) is 64.9 Å². The fourth-order valence-corrected chi connectivity index (χ4v) is 7.05. The van der Waals surface area contributed by atoms with Crippen LogP contribution in [0.5, 0.6) is 0 Å². The summed E-state index contributed by atoms with van der Waals surface area (Å²) in [7, 11) is -0.181. The summed E-state index contributed by atoms with van der Waals surface area (Å²) < 4.78 is 32.8. The molecule has 41 heavy (non-hydrogen) atoms. The van der Waals surface area contributed by atoms with Gasteiger partial charge in [0, 0.05) is 43.9 Å². The van der Waals surface area contributed by atoms with Crippen LogP contribution < -0.4 is 4.90 Å². The third-order valence-electron chi connectivity index (χ3n) is 7.63. The summed E-state index contributed by atoms with van der Waals surface area (Å²) in [6.45, 7) is 5.33. The molecule has 1 spiro atoms. The second-order valence-electron chi connectivity index (χ2n) is 10.3. The molecule has 216 valence electrons. The van der Waals surface area contributed by atoms with Crippen molar-refractivity contribution in [2.24, 2.45) is 0 Å². The number of amides is 2. The summed E-state index contributed by atoms with van der Waals surface area (Å²) >= 11 is 0. The van der Waals surface area contributed by atoms with Gasteiger partial charge in [0.1, 0.15) is 5.76 Å². The van der Waals surface area contributed by atoms with E-state index >= 15 is 0 Å². The molecular formula is C29H32N4O7S. The zero-order valence-corrected chi connectivity index (χ0v) is 23.8. The number of likely N-dealkylation sites (tertiary alicyclic amines) is 1. The van der Waals surface area contributed by atoms with Crippen molar-refractivity contribution in [2.45, 2.75) is 10.4 Å². The van der Waals surface area contributed by atoms with Crippen LogP contribution in [0.3, 0.4) is 0 Å². The topological polar surface area (TPSA) is 128 Å². The number of anilines is 1. The van der Waals surface area contributed by atoms with Crippen molar-refractivity contribution >= 4 is 39.1 Å². The van der Waals surface area contributed by atoms with Crippen LogP contribution in [-0.2, 0) is 34.7 Å². The molecule has 2 saturated heterocycles. The molecule has 2 amide bonds. The number of sulfonamides is 1. The standard InChI is InChI=1S/C29H32N4O7S/c1-4-13-32-23-8-6-5-7-22(23)29(28(32)37)24(26(35)27(36)33(29)15-14-30(2)3)25(34)20-9-11-21(12-10-20)41(38,39)31-16-18-40-19-17-31/h4-12,34H,1,13-19H2,2-3H3/b25-24-. The zero-order valence-electron chi connectivity index (χ0n) is 22.9. The smallest absolute Gasteiger partial charge is 0.296 e. The van der Waals surface area contributed by atoms with Crippen LogP contribution in [0.4, 0.5) is 5.69 Å². The molecule has 0 radical (unpaired) electrons. The molecule has 1 N–H and O–H groups in total. The number of morpholine rings is 1. The number of aliphatic hydroxyl groups excluding tert-OH is 1. The number of aliphatic hydroxyl groups is 1. The number of hydrogen-bond acceptors (Lipinski definition) is 8. The minimum Gasteiger partial charge on any atom is -0.507 e. The lowest BCUT2D eigenvalue weighted by molar-refractivity contribution is -0.143. The summed E-state index contributed by atoms with van der Waals surface area (Å²) in [5, 5.41) is 11.6. The van der Waals surface area contributed by atoms with E-state index in [1.165, 1.54) is 38.4 Å². The van der Waals surface area contributed by atoms with E-state index in [2.05, 4.69) is 6.58 Å². The number of rotatable bonds is 8. The van der Waals surface area contributed by atoms with Crippen LogP contribution in [0.1, 0.15) is 11.1 Å². The van der Waals surface area contributed by atoms with Gasteiger partial charge in [-0.3, -0.25) is 14.4 Å². The van der Waals surface area contributed by atoms with Crippen LogP contribution >= 0.6 is 0 Å². The lowest BCUT2D eigenvalue weighted by atomic mass is 9.82. The third-order valence-corrected chi connectivity index (χ3v) is 9.54. The molecule has 3 aliphatic heterocycles. The van der Waals surface area contributed by atoms with Crippen molar-refractivity contribution in [3.8, 4) is 0 Å². The highest BCUT2D eigenvalue weighted by molar-refractivity contribution is 7.89. The lowest BCUT2D eigenvalue weighted by Crippen LogP contribution is -2.53. The molecular weight excluding hydrogens is 548 g/mol. The SMILES string of the molecule is C=CCN1C(=O)C2(/C(=C(\O)c3ccc(S(=O)(=O)N4CCOCC4)cc3)C(=O)C(=O)N2CCN(C)C)c2ccccc21. The molecule has 2 fully saturated rings. The van der Waals surface area contributed by atoms with Gasteiger partial charge in [-0.15, -0.1) is 6.58 Å². The Hall–Kier alpha value is -3.84. The molecule has 1 atom stereocenters. The van der Waals surface area contributed by atoms with Crippen LogP contribution in [0.15, 0.2) is 71.7 Å². The van der Waals surface area contributed by atoms with Gasteiger partial charge in [0.25, 0.3) is 17.6 Å². The highest BCUT2D eigenvalue weighted by atomic mass is 32.2. The number of Topliss-reactive ketones (excluding diaryl/α,β-unsaturated/α-hetero) is 1. The minimum atomic E-state index is -3.80. The second-order valence-corrected chi connectivity index (χ2v) is 12.2. The fraction of sp³-hybridized carbons (Fsp3) is 0.345. The average Bonchev–Trinajstić information content (AvgIpc) is 3.35. The first-order chi connectivity index (χ1) is 19.6. The maximum Gasteiger partial charge on any atom is 0.296 e. The van der Waals surface area contributed by atoms with Gasteiger partial charge < -0.3 is 24.5 Å². The van der Waals surface area contributed by atoms with Gasteiger partial charge in [0.05, 0.1) is 29.4 Å². The van der Waals surface area contributed by atoms with Gasteiger partial charge in [0.2, 0.25) is 10.0 Å². The summed E-state index contributed by atoms with van der Waals surface area (Å²) in [6, 6.07) is 12.3. The number of ketones is 1. The molecule has 0 bridgehead atoms. The van der Waals surface area contributed by atoms with Gasteiger partial charge in [-0.1, -0.05) is 24.3 Å². The fourth-order valence-electron chi connectivity index (χ4n) is 5.64. The first-order valence-electron chi connectivity index (χ1n) is 13.2. The van der Waals surface area contributed by atoms with Gasteiger partial charge in [-0.05, 0) is 44.4 Å². The van der Waals surface area contributed by atoms with E-state index in [-0.39, 0.29) is 42.2 Å². The maximum atomic E-state index is 14.3. The first kappa shape index (κ1) is 28.7. The van der Waals surface area contributed by atoms with Crippen molar-refractivity contribution < 1.29 is 32.6 Å². The average molecular weight is 581 g/mol. The monoisotopic (exact) mass is 580 g/mol. The Morgan fingerprint density at radius 2 is 1.73 bits per heavy atom. The molecule has 2 aromatic carbocycles. The Morgan fingerprint density at radius 3 is 2.37 bits per heavy atom. The number of carbonyl (C=O) groups is 3. The predicted molar refractivity (Wildman–Crippen MR) is 152 cm³/mol. The van der Waals surface area contributed by atoms with Crippen molar-refractivity contribution in [1.29, 1.82) is 0 Å². The number of nitrogens with zero attached hydrogens (tertiary/aromatic N) is 4. The van der Waals surface area contributed by atoms with Crippen LogP contribution in [-0.4, -0.2) is 105 Å². The molecule has 3 heterocycles. The predicted octanol–water partition coefficient (Wildman–Crippen LogP) is 1.38. The van der Waals surface area contributed by atoms with Crippen LogP contribution in [0.25, 0.3) is 5.76 Å². The van der Waals surface area contributed by atoms with Crippen molar-refractivity contribution in [3.05, 3.63) is 77.9 Å². The second kappa shape index (κ2) is 10.9. The molecule has 5 rings (SSSR count). The summed E-state index contributed by atoms with van der Waals surface area (Å²) in [4.78, 5) is 46.0. The molecule has 2 aromatic rings. The van der Waals surface area contributed by atoms with E-state index < -0.39 is 38.9 Å². The highest BCUT2D eigenvalue weighted by Crippen LogP contribution is 2.53. The molecule has 0 aliphatic carbocycles. The number of likely N-dealkylation sites (N-methyl/N-ethyl adjacent to an activating group) is 1. The zero-order chi connectivity index (χ0) is 29.5. The Bertz CT molecular complexity index is 1540. The number of fused-ring (bicyclic) bond motifs is 2. The third kappa shape index (κ3) is 4.47. The lowest BCUT2D eigenvalue weighted by Gasteiger charge is -2.35. The van der Waals surface area contributed by atoms with Crippen molar-refractivity contribution in [1.82, 2.24) is 14.1 Å². The van der Waals surface area contributed by atoms with Gasteiger partial charge in [-0.25, -0.2) is 8.42 Å². The van der Waals surface area contributed by atoms with Gasteiger partial charge in [0.15, 0.2) is 5.54 Å². The van der Waals surface area contributed by atoms with E-state index in [4.69, 9.17) is 4.74 Å². The van der Waals surface area contributed by atoms with Crippen molar-refractivity contribution in [3.63, 3.8) is 0 Å². The quantitative estimate of drug-likeness (QED) is 0.215. The van der Waals surface area contributed by atoms with E-state index in [1.807, 2.05) is 19.0 Å². The summed E-state index contributed by atoms with van der Waals surface area (Å²) in [6.07, 6.45) is 1.55. The molecule has 12 heteroatoms. The van der Waals surface area contributed by atoms with E-state index in [0.717, 1.165) is 0 Å². The molecule has 11 nitrogen and oxygen atoms in total. The molecule has 0 aromatic heterocycles. The maximum absolute atomic E-state index is 14.3. The normalized spacial score (nSPS) is 22.7. The van der Waals surface area contributed by atoms with Gasteiger partial charge >= 0.3 is 0 Å². The summed E-state index contributed by atoms with van der Waals surface area (Å²) in [5.41, 5.74) is -1.24. The Kier molecular flexibility index (Phi) is 7.60. The number of carbonyl (C=O) groups excluding carboxylic acids is 3. The Morgan fingerprint density at radius 1 is 1.07 bits per heavy atom. The van der Waals surface area contributed by atoms with E-state index in [9.17, 15) is 27.9 Å². The molecule has 0 saturated carbocycles. The number of hydrogen-bond donors (Lipinski definition) is 1. The van der Waals surface area contributed by atoms with Crippen LogP contribution in [0.2, 0.25) is 0 Å². The van der Waals surface area contributed by atoms with Gasteiger partial charge in [-0.2, -0.15) is 4.31 Å². The number of ether oxygens (including phenoxy) is 1. The first-order valence-corrected chi connectivity index (χ1v) is 14.7. The summed E-state index contributed by atoms with van der Waals surface area (Å²) in [5.74, 6) is -3.00. The van der Waals surface area contributed by atoms with E-state index in [0.29, 0.717) is 31.0 Å².